The first-order valence-electron chi connectivity index (χ1n) is 11.6. The van der Waals surface area contributed by atoms with Crippen molar-refractivity contribution >= 4 is 33.4 Å². The van der Waals surface area contributed by atoms with Gasteiger partial charge in [-0.2, -0.15) is 0 Å². The molecule has 186 valence electrons. The van der Waals surface area contributed by atoms with Crippen molar-refractivity contribution in [3.63, 3.8) is 0 Å². The van der Waals surface area contributed by atoms with E-state index in [0.29, 0.717) is 18.0 Å². The van der Waals surface area contributed by atoms with Crippen LogP contribution in [-0.2, 0) is 21.2 Å². The minimum absolute atomic E-state index is 0.116. The molecular weight excluding hydrogens is 480 g/mol. The molecule has 0 saturated carbocycles. The highest BCUT2D eigenvalue weighted by atomic mass is 32.2. The highest BCUT2D eigenvalue weighted by molar-refractivity contribution is 7.98. The lowest BCUT2D eigenvalue weighted by Crippen LogP contribution is -2.43. The van der Waals surface area contributed by atoms with Crippen LogP contribution in [0, 0.1) is 0 Å². The van der Waals surface area contributed by atoms with E-state index >= 15 is 0 Å². The van der Waals surface area contributed by atoms with E-state index in [0.717, 1.165) is 22.0 Å². The summed E-state index contributed by atoms with van der Waals surface area (Å²) in [4.78, 5) is 14.1. The van der Waals surface area contributed by atoms with E-state index in [2.05, 4.69) is 17.4 Å². The number of hydrogen-bond acceptors (Lipinski definition) is 5. The van der Waals surface area contributed by atoms with Gasteiger partial charge in [-0.1, -0.05) is 42.5 Å². The maximum Gasteiger partial charge on any atom is 0.264 e. The monoisotopic (exact) mass is 512 g/mol. The summed E-state index contributed by atoms with van der Waals surface area (Å²) in [5, 5.41) is 2.95. The Balaban J connectivity index is 1.83. The van der Waals surface area contributed by atoms with Gasteiger partial charge in [-0.15, -0.1) is 11.8 Å². The number of nitrogens with one attached hydrogen (secondary N) is 1. The normalized spacial score (nSPS) is 12.1. The van der Waals surface area contributed by atoms with E-state index in [1.165, 1.54) is 17.3 Å². The average molecular weight is 513 g/mol. The number of anilines is 1. The van der Waals surface area contributed by atoms with Crippen molar-refractivity contribution in [1.29, 1.82) is 0 Å². The zero-order valence-electron chi connectivity index (χ0n) is 20.3. The Morgan fingerprint density at radius 3 is 2.31 bits per heavy atom. The van der Waals surface area contributed by atoms with Crippen LogP contribution in [0.5, 0.6) is 5.75 Å². The number of hydrogen-bond donors (Lipinski definition) is 1. The fourth-order valence-electron chi connectivity index (χ4n) is 3.67. The first-order valence-corrected chi connectivity index (χ1v) is 14.2. The SMILES string of the molecule is CCOc1ccccc1N(CC(=O)N[C@H](C)CCc1ccccc1)S(=O)(=O)c1ccc(SC)cc1. The van der Waals surface area contributed by atoms with E-state index in [-0.39, 0.29) is 23.4 Å². The number of aryl methyl sites for hydroxylation is 1. The van der Waals surface area contributed by atoms with Gasteiger partial charge in [-0.25, -0.2) is 8.42 Å². The molecule has 1 amide bonds. The Kier molecular flexibility index (Phi) is 9.63. The topological polar surface area (TPSA) is 75.7 Å². The Bertz CT molecular complexity index is 1200. The molecule has 0 saturated heterocycles. The molecule has 0 spiro atoms. The number of thioether (sulfide) groups is 1. The van der Waals surface area contributed by atoms with Gasteiger partial charge in [0.1, 0.15) is 12.3 Å². The van der Waals surface area contributed by atoms with E-state index in [9.17, 15) is 13.2 Å². The quantitative estimate of drug-likeness (QED) is 0.340. The third-order valence-corrected chi connectivity index (χ3v) is 8.00. The maximum atomic E-state index is 13.7. The van der Waals surface area contributed by atoms with Gasteiger partial charge in [0.2, 0.25) is 5.91 Å². The van der Waals surface area contributed by atoms with E-state index in [4.69, 9.17) is 4.74 Å². The second kappa shape index (κ2) is 12.7. The summed E-state index contributed by atoms with van der Waals surface area (Å²) in [6, 6.07) is 23.5. The fourth-order valence-corrected chi connectivity index (χ4v) is 5.51. The lowest BCUT2D eigenvalue weighted by Gasteiger charge is -2.26. The number of nitrogens with zero attached hydrogens (tertiary/aromatic N) is 1. The second-order valence-corrected chi connectivity index (χ2v) is 10.8. The van der Waals surface area contributed by atoms with Gasteiger partial charge >= 0.3 is 0 Å². The molecule has 6 nitrogen and oxygen atoms in total. The number of rotatable bonds is 12. The standard InChI is InChI=1S/C27H32N2O4S2/c1-4-33-26-13-9-8-12-25(26)29(35(31,32)24-18-16-23(34-3)17-19-24)20-27(30)28-21(2)14-15-22-10-6-5-7-11-22/h5-13,16-19,21H,4,14-15,20H2,1-3H3,(H,28,30)/t21-/m1/s1. The molecule has 0 heterocycles. The molecule has 0 aliphatic rings. The zero-order chi connectivity index (χ0) is 25.3. The van der Waals surface area contributed by atoms with Crippen LogP contribution in [0.1, 0.15) is 25.8 Å². The summed E-state index contributed by atoms with van der Waals surface area (Å²) in [6.45, 7) is 3.77. The number of amides is 1. The number of ether oxygens (including phenoxy) is 1. The largest absolute Gasteiger partial charge is 0.492 e. The molecule has 8 heteroatoms. The summed E-state index contributed by atoms with van der Waals surface area (Å²) >= 11 is 1.53. The number of para-hydroxylation sites is 2. The Morgan fingerprint density at radius 1 is 1.00 bits per heavy atom. The molecule has 35 heavy (non-hydrogen) atoms. The Morgan fingerprint density at radius 2 is 1.66 bits per heavy atom. The van der Waals surface area contributed by atoms with Crippen molar-refractivity contribution in [1.82, 2.24) is 5.32 Å². The summed E-state index contributed by atoms with van der Waals surface area (Å²) in [7, 11) is -4.02. The van der Waals surface area contributed by atoms with E-state index in [1.807, 2.05) is 38.3 Å². The number of sulfonamides is 1. The van der Waals surface area contributed by atoms with Gasteiger partial charge in [0.05, 0.1) is 17.2 Å². The van der Waals surface area contributed by atoms with Gasteiger partial charge in [0, 0.05) is 10.9 Å². The Hall–Kier alpha value is -2.97. The molecule has 0 aromatic heterocycles. The van der Waals surface area contributed by atoms with E-state index in [1.54, 1.807) is 48.5 Å². The van der Waals surface area contributed by atoms with Gasteiger partial charge < -0.3 is 10.1 Å². The summed E-state index contributed by atoms with van der Waals surface area (Å²) in [5.41, 5.74) is 1.52. The van der Waals surface area contributed by atoms with Crippen LogP contribution in [-0.4, -0.2) is 39.8 Å². The fraction of sp³-hybridized carbons (Fsp3) is 0.296. The van der Waals surface area contributed by atoms with Gasteiger partial charge in [0.15, 0.2) is 0 Å². The zero-order valence-corrected chi connectivity index (χ0v) is 21.9. The molecule has 0 radical (unpaired) electrons. The lowest BCUT2D eigenvalue weighted by atomic mass is 10.1. The predicted octanol–water partition coefficient (Wildman–Crippen LogP) is 5.14. The van der Waals surface area contributed by atoms with Crippen LogP contribution in [0.2, 0.25) is 0 Å². The molecule has 1 atom stereocenters. The summed E-state index contributed by atoms with van der Waals surface area (Å²) in [6.07, 6.45) is 3.49. The third kappa shape index (κ3) is 7.26. The van der Waals surface area contributed by atoms with Crippen LogP contribution < -0.4 is 14.4 Å². The minimum atomic E-state index is -4.02. The molecule has 0 aliphatic carbocycles. The average Bonchev–Trinajstić information content (AvgIpc) is 2.87. The molecule has 3 rings (SSSR count). The van der Waals surface area contributed by atoms with Gasteiger partial charge in [0.25, 0.3) is 10.0 Å². The van der Waals surface area contributed by atoms with Crippen molar-refractivity contribution in [2.24, 2.45) is 0 Å². The Labute approximate surface area is 212 Å². The molecule has 3 aromatic carbocycles. The lowest BCUT2D eigenvalue weighted by molar-refractivity contribution is -0.120. The third-order valence-electron chi connectivity index (χ3n) is 5.48. The molecule has 0 fully saturated rings. The first-order chi connectivity index (χ1) is 16.8. The molecular formula is C27H32N2O4S2. The maximum absolute atomic E-state index is 13.7. The van der Waals surface area contributed by atoms with Crippen molar-refractivity contribution in [3.05, 3.63) is 84.4 Å². The van der Waals surface area contributed by atoms with Crippen LogP contribution in [0.4, 0.5) is 5.69 Å². The van der Waals surface area contributed by atoms with E-state index < -0.39 is 10.0 Å². The molecule has 3 aromatic rings. The first kappa shape index (κ1) is 26.6. The minimum Gasteiger partial charge on any atom is -0.492 e. The molecule has 0 aliphatic heterocycles. The number of benzene rings is 3. The van der Waals surface area contributed by atoms with Crippen molar-refractivity contribution in [2.75, 3.05) is 23.7 Å². The number of carbonyl (C=O) groups excluding carboxylic acids is 1. The van der Waals surface area contributed by atoms with Crippen LogP contribution in [0.15, 0.2) is 88.7 Å². The highest BCUT2D eigenvalue weighted by Crippen LogP contribution is 2.33. The molecule has 0 bridgehead atoms. The molecule has 1 N–H and O–H groups in total. The van der Waals surface area contributed by atoms with Gasteiger partial charge in [-0.3, -0.25) is 9.10 Å². The molecule has 0 unspecified atom stereocenters. The van der Waals surface area contributed by atoms with Crippen molar-refractivity contribution in [2.45, 2.75) is 42.5 Å². The van der Waals surface area contributed by atoms with Gasteiger partial charge in [-0.05, 0) is 74.9 Å². The van der Waals surface area contributed by atoms with Crippen molar-refractivity contribution in [3.8, 4) is 5.75 Å². The van der Waals surface area contributed by atoms with Crippen LogP contribution in [0.3, 0.4) is 0 Å². The summed E-state index contributed by atoms with van der Waals surface area (Å²) < 4.78 is 34.2. The van der Waals surface area contributed by atoms with Crippen molar-refractivity contribution < 1.29 is 17.9 Å². The van der Waals surface area contributed by atoms with Crippen LogP contribution in [0.25, 0.3) is 0 Å². The summed E-state index contributed by atoms with van der Waals surface area (Å²) in [5.74, 6) is 0.0328. The van der Waals surface area contributed by atoms with Crippen LogP contribution >= 0.6 is 11.8 Å². The predicted molar refractivity (Wildman–Crippen MR) is 143 cm³/mol. The smallest absolute Gasteiger partial charge is 0.264 e. The highest BCUT2D eigenvalue weighted by Gasteiger charge is 2.29. The number of carbonyl (C=O) groups is 1. The second-order valence-electron chi connectivity index (χ2n) is 8.08.